The minimum atomic E-state index is 0.333. The summed E-state index contributed by atoms with van der Waals surface area (Å²) in [6.07, 6.45) is 8.03. The molecule has 0 amide bonds. The lowest BCUT2D eigenvalue weighted by Crippen LogP contribution is -2.42. The van der Waals surface area contributed by atoms with E-state index in [1.807, 2.05) is 11.8 Å². The van der Waals surface area contributed by atoms with Crippen molar-refractivity contribution in [3.05, 3.63) is 0 Å². The molecule has 2 rings (SSSR count). The van der Waals surface area contributed by atoms with Crippen LogP contribution in [-0.2, 0) is 0 Å². The van der Waals surface area contributed by atoms with E-state index in [0.717, 1.165) is 12.5 Å². The zero-order valence-corrected chi connectivity index (χ0v) is 11.4. The molecule has 0 bridgehead atoms. The number of rotatable bonds is 6. The largest absolute Gasteiger partial charge is 0.359 e. The normalized spacial score (nSPS) is 26.0. The van der Waals surface area contributed by atoms with E-state index in [-0.39, 0.29) is 0 Å². The summed E-state index contributed by atoms with van der Waals surface area (Å²) in [5.41, 5.74) is 0.333. The van der Waals surface area contributed by atoms with Crippen molar-refractivity contribution in [2.45, 2.75) is 57.9 Å². The molecule has 2 aliphatic rings. The van der Waals surface area contributed by atoms with Gasteiger partial charge in [0, 0.05) is 17.8 Å². The molecule has 0 unspecified atom stereocenters. The summed E-state index contributed by atoms with van der Waals surface area (Å²) in [5, 5.41) is 4.81. The maximum Gasteiger partial charge on any atom is 0.157 e. The van der Waals surface area contributed by atoms with Crippen LogP contribution in [0.3, 0.4) is 0 Å². The van der Waals surface area contributed by atoms with E-state index in [0.29, 0.717) is 5.54 Å². The van der Waals surface area contributed by atoms with Crippen LogP contribution in [0.15, 0.2) is 4.99 Å². The summed E-state index contributed by atoms with van der Waals surface area (Å²) in [5.74, 6) is 2.25. The maximum absolute atomic E-state index is 4.68. The van der Waals surface area contributed by atoms with E-state index >= 15 is 0 Å². The van der Waals surface area contributed by atoms with E-state index in [1.165, 1.54) is 49.4 Å². The van der Waals surface area contributed by atoms with Crippen LogP contribution < -0.4 is 5.32 Å². The summed E-state index contributed by atoms with van der Waals surface area (Å²) in [6, 6.07) is 0. The van der Waals surface area contributed by atoms with Gasteiger partial charge in [0.1, 0.15) is 0 Å². The van der Waals surface area contributed by atoms with Gasteiger partial charge in [-0.1, -0.05) is 38.5 Å². The second-order valence-electron chi connectivity index (χ2n) is 5.17. The first kappa shape index (κ1) is 12.3. The number of nitrogens with zero attached hydrogens (tertiary/aromatic N) is 1. The highest BCUT2D eigenvalue weighted by molar-refractivity contribution is 8.14. The lowest BCUT2D eigenvalue weighted by molar-refractivity contribution is 0.407. The van der Waals surface area contributed by atoms with Gasteiger partial charge in [-0.15, -0.1) is 0 Å². The molecule has 2 nitrogen and oxygen atoms in total. The second kappa shape index (κ2) is 5.44. The van der Waals surface area contributed by atoms with E-state index in [4.69, 9.17) is 0 Å². The highest BCUT2D eigenvalue weighted by Gasteiger charge is 2.33. The monoisotopic (exact) mass is 240 g/mol. The molecule has 1 aliphatic carbocycles. The molecular weight excluding hydrogens is 216 g/mol. The molecular formula is C13H24N2S. The van der Waals surface area contributed by atoms with Crippen molar-refractivity contribution in [1.29, 1.82) is 0 Å². The minimum absolute atomic E-state index is 0.333. The maximum atomic E-state index is 4.68. The highest BCUT2D eigenvalue weighted by Crippen LogP contribution is 2.33. The molecule has 0 aromatic rings. The Morgan fingerprint density at radius 3 is 2.69 bits per heavy atom. The molecule has 0 spiro atoms. The highest BCUT2D eigenvalue weighted by atomic mass is 32.2. The van der Waals surface area contributed by atoms with Crippen molar-refractivity contribution in [2.24, 2.45) is 10.9 Å². The number of hydrogen-bond acceptors (Lipinski definition) is 2. The standard InChI is InChI=1S/C13H24N2S/c1-3-13(4-2)10-16-12(15-13)14-9-5-6-11-7-8-11/h11H,3-10H2,1-2H3,(H,14,15). The molecule has 0 radical (unpaired) electrons. The summed E-state index contributed by atoms with van der Waals surface area (Å²) in [6.45, 7) is 5.57. The van der Waals surface area contributed by atoms with Gasteiger partial charge in [-0.2, -0.15) is 0 Å². The average molecular weight is 240 g/mol. The predicted molar refractivity (Wildman–Crippen MR) is 73.2 cm³/mol. The van der Waals surface area contributed by atoms with E-state index in [2.05, 4.69) is 24.2 Å². The van der Waals surface area contributed by atoms with Gasteiger partial charge in [0.2, 0.25) is 0 Å². The molecule has 0 atom stereocenters. The van der Waals surface area contributed by atoms with Crippen LogP contribution in [0.5, 0.6) is 0 Å². The molecule has 1 aliphatic heterocycles. The molecule has 16 heavy (non-hydrogen) atoms. The Hall–Kier alpha value is -0.180. The second-order valence-corrected chi connectivity index (χ2v) is 6.14. The Morgan fingerprint density at radius 1 is 1.38 bits per heavy atom. The third kappa shape index (κ3) is 3.16. The molecule has 3 heteroatoms. The van der Waals surface area contributed by atoms with Gasteiger partial charge in [-0.05, 0) is 31.6 Å². The Bertz CT molecular complexity index is 255. The molecule has 0 aromatic heterocycles. The first-order valence-corrected chi connectivity index (χ1v) is 7.72. The summed E-state index contributed by atoms with van der Waals surface area (Å²) < 4.78 is 0. The van der Waals surface area contributed by atoms with Crippen LogP contribution in [0.1, 0.15) is 52.4 Å². The van der Waals surface area contributed by atoms with Crippen LogP contribution in [-0.4, -0.2) is 23.0 Å². The fourth-order valence-electron chi connectivity index (χ4n) is 2.19. The molecule has 2 fully saturated rings. The van der Waals surface area contributed by atoms with E-state index in [1.54, 1.807) is 0 Å². The van der Waals surface area contributed by atoms with Crippen molar-refractivity contribution in [3.8, 4) is 0 Å². The van der Waals surface area contributed by atoms with Crippen molar-refractivity contribution in [3.63, 3.8) is 0 Å². The summed E-state index contributed by atoms with van der Waals surface area (Å²) >= 11 is 1.91. The first-order chi connectivity index (χ1) is 7.78. The molecule has 1 saturated heterocycles. The first-order valence-electron chi connectivity index (χ1n) is 6.73. The lowest BCUT2D eigenvalue weighted by atomic mass is 9.96. The van der Waals surface area contributed by atoms with E-state index < -0.39 is 0 Å². The zero-order valence-electron chi connectivity index (χ0n) is 10.6. The molecule has 0 aromatic carbocycles. The summed E-state index contributed by atoms with van der Waals surface area (Å²) in [4.78, 5) is 4.68. The van der Waals surface area contributed by atoms with E-state index in [9.17, 15) is 0 Å². The van der Waals surface area contributed by atoms with Gasteiger partial charge in [0.05, 0.1) is 0 Å². The van der Waals surface area contributed by atoms with Crippen LogP contribution >= 0.6 is 11.8 Å². The van der Waals surface area contributed by atoms with Crippen LogP contribution in [0, 0.1) is 5.92 Å². The fourth-order valence-corrected chi connectivity index (χ4v) is 3.55. The van der Waals surface area contributed by atoms with Gasteiger partial charge < -0.3 is 5.32 Å². The Labute approximate surface area is 104 Å². The van der Waals surface area contributed by atoms with Crippen molar-refractivity contribution >= 4 is 16.9 Å². The van der Waals surface area contributed by atoms with Gasteiger partial charge >= 0.3 is 0 Å². The molecule has 1 N–H and O–H groups in total. The lowest BCUT2D eigenvalue weighted by Gasteiger charge is -2.25. The molecule has 1 saturated carbocycles. The Morgan fingerprint density at radius 2 is 2.12 bits per heavy atom. The van der Waals surface area contributed by atoms with Crippen LogP contribution in [0.4, 0.5) is 0 Å². The van der Waals surface area contributed by atoms with Gasteiger partial charge in [0.25, 0.3) is 0 Å². The van der Waals surface area contributed by atoms with Gasteiger partial charge in [-0.3, -0.25) is 4.99 Å². The van der Waals surface area contributed by atoms with Crippen molar-refractivity contribution in [1.82, 2.24) is 5.32 Å². The van der Waals surface area contributed by atoms with Crippen LogP contribution in [0.25, 0.3) is 0 Å². The number of aliphatic imine (C=N–C) groups is 1. The third-order valence-corrected chi connectivity index (χ3v) is 5.14. The number of hydrogen-bond donors (Lipinski definition) is 1. The Balaban J connectivity index is 1.71. The smallest absolute Gasteiger partial charge is 0.157 e. The SMILES string of the molecule is CCC1(CC)CSC(=NCCCC2CC2)N1. The summed E-state index contributed by atoms with van der Waals surface area (Å²) in [7, 11) is 0. The molecule has 1 heterocycles. The minimum Gasteiger partial charge on any atom is -0.359 e. The average Bonchev–Trinajstić information content (AvgIpc) is 3.05. The number of nitrogens with one attached hydrogen (secondary N) is 1. The number of thioether (sulfide) groups is 1. The zero-order chi connectivity index (χ0) is 11.4. The third-order valence-electron chi connectivity index (χ3n) is 3.93. The predicted octanol–water partition coefficient (Wildman–Crippen LogP) is 3.43. The quantitative estimate of drug-likeness (QED) is 0.719. The van der Waals surface area contributed by atoms with Crippen LogP contribution in [0.2, 0.25) is 0 Å². The van der Waals surface area contributed by atoms with Crippen molar-refractivity contribution in [2.75, 3.05) is 12.3 Å². The van der Waals surface area contributed by atoms with Crippen molar-refractivity contribution < 1.29 is 0 Å². The topological polar surface area (TPSA) is 24.4 Å². The van der Waals surface area contributed by atoms with Gasteiger partial charge in [0.15, 0.2) is 5.17 Å². The fraction of sp³-hybridized carbons (Fsp3) is 0.923. The number of amidine groups is 1. The molecule has 92 valence electrons. The Kier molecular flexibility index (Phi) is 4.17. The van der Waals surface area contributed by atoms with Gasteiger partial charge in [-0.25, -0.2) is 0 Å².